The van der Waals surface area contributed by atoms with E-state index in [2.05, 4.69) is 12.6 Å². The maximum Gasteiger partial charge on any atom is 0.348 e. The lowest BCUT2D eigenvalue weighted by Gasteiger charge is -2.22. The van der Waals surface area contributed by atoms with E-state index in [1.54, 1.807) is 18.6 Å². The van der Waals surface area contributed by atoms with Crippen LogP contribution in [-0.2, 0) is 9.47 Å². The predicted molar refractivity (Wildman–Crippen MR) is 67.6 cm³/mol. The van der Waals surface area contributed by atoms with Crippen molar-refractivity contribution in [2.24, 2.45) is 0 Å². The second kappa shape index (κ2) is 5.70. The number of carbonyl (C=O) groups is 1. The Kier molecular flexibility index (Phi) is 4.83. The van der Waals surface area contributed by atoms with Gasteiger partial charge in [0.05, 0.1) is 12.2 Å². The minimum absolute atomic E-state index is 0.259. The highest BCUT2D eigenvalue weighted by Crippen LogP contribution is 2.19. The van der Waals surface area contributed by atoms with Gasteiger partial charge in [-0.25, -0.2) is 4.79 Å². The van der Waals surface area contributed by atoms with Crippen LogP contribution in [-0.4, -0.2) is 25.3 Å². The van der Waals surface area contributed by atoms with E-state index in [-0.39, 0.29) is 11.6 Å². The van der Waals surface area contributed by atoms with Crippen LogP contribution in [0.2, 0.25) is 0 Å². The highest BCUT2D eigenvalue weighted by atomic mass is 32.1. The molecule has 1 heterocycles. The third-order valence-electron chi connectivity index (χ3n) is 2.28. The summed E-state index contributed by atoms with van der Waals surface area (Å²) in [5.74, 6) is -0.294. The van der Waals surface area contributed by atoms with Gasteiger partial charge < -0.3 is 9.47 Å². The van der Waals surface area contributed by atoms with Gasteiger partial charge in [0, 0.05) is 23.8 Å². The Labute approximate surface area is 105 Å². The van der Waals surface area contributed by atoms with Gasteiger partial charge in [0.1, 0.15) is 4.88 Å². The van der Waals surface area contributed by atoms with E-state index in [1.807, 2.05) is 13.8 Å². The minimum atomic E-state index is -0.294. The summed E-state index contributed by atoms with van der Waals surface area (Å²) < 4.78 is 10.4. The molecule has 1 aromatic rings. The van der Waals surface area contributed by atoms with E-state index in [1.165, 1.54) is 11.3 Å². The predicted octanol–water partition coefficient (Wildman–Crippen LogP) is 3.01. The van der Waals surface area contributed by atoms with Gasteiger partial charge in [0.2, 0.25) is 0 Å². The molecule has 0 unspecified atom stereocenters. The molecule has 1 rings (SSSR count). The molecule has 3 nitrogen and oxygen atoms in total. The topological polar surface area (TPSA) is 35.5 Å². The van der Waals surface area contributed by atoms with Crippen LogP contribution in [0.25, 0.3) is 0 Å². The van der Waals surface area contributed by atoms with Crippen LogP contribution in [0.1, 0.15) is 29.9 Å². The minimum Gasteiger partial charge on any atom is -0.461 e. The second-order valence-electron chi connectivity index (χ2n) is 4.02. The fraction of sp³-hybridized carbons (Fsp3) is 0.545. The van der Waals surface area contributed by atoms with Gasteiger partial charge in [-0.05, 0) is 19.9 Å². The Morgan fingerprint density at radius 3 is 2.75 bits per heavy atom. The second-order valence-corrected chi connectivity index (χ2v) is 5.45. The van der Waals surface area contributed by atoms with E-state index < -0.39 is 0 Å². The monoisotopic (exact) mass is 260 g/mol. The molecular formula is C11H16O3S2. The Hall–Kier alpha value is -0.520. The lowest BCUT2D eigenvalue weighted by atomic mass is 10.1. The first-order valence-electron chi connectivity index (χ1n) is 4.94. The largest absolute Gasteiger partial charge is 0.461 e. The summed E-state index contributed by atoms with van der Waals surface area (Å²) in [5.41, 5.74) is -0.259. The highest BCUT2D eigenvalue weighted by Gasteiger charge is 2.17. The Bertz CT molecular complexity index is 358. The molecular weight excluding hydrogens is 244 g/mol. The third-order valence-corrected chi connectivity index (χ3v) is 3.62. The lowest BCUT2D eigenvalue weighted by Crippen LogP contribution is -2.25. The number of ether oxygens (including phenoxy) is 2. The molecule has 5 heteroatoms. The van der Waals surface area contributed by atoms with E-state index in [9.17, 15) is 4.79 Å². The van der Waals surface area contributed by atoms with Crippen molar-refractivity contribution in [3.8, 4) is 0 Å². The number of rotatable bonds is 5. The molecule has 0 aliphatic heterocycles. The fourth-order valence-electron chi connectivity index (χ4n) is 0.996. The van der Waals surface area contributed by atoms with Gasteiger partial charge in [-0.2, -0.15) is 0 Å². The van der Waals surface area contributed by atoms with E-state index in [0.29, 0.717) is 17.9 Å². The normalized spacial score (nSPS) is 11.5. The number of thiol groups is 1. The van der Waals surface area contributed by atoms with E-state index in [4.69, 9.17) is 9.47 Å². The molecule has 0 saturated heterocycles. The number of thiophene rings is 1. The van der Waals surface area contributed by atoms with Crippen LogP contribution in [0, 0.1) is 0 Å². The molecule has 90 valence electrons. The zero-order valence-corrected chi connectivity index (χ0v) is 11.4. The van der Waals surface area contributed by atoms with Gasteiger partial charge in [0.25, 0.3) is 0 Å². The Morgan fingerprint density at radius 2 is 2.25 bits per heavy atom. The summed E-state index contributed by atoms with van der Waals surface area (Å²) in [5, 5.41) is 1.80. The highest BCUT2D eigenvalue weighted by molar-refractivity contribution is 7.80. The van der Waals surface area contributed by atoms with E-state index in [0.717, 1.165) is 4.90 Å². The average Bonchev–Trinajstić information content (AvgIpc) is 2.64. The Morgan fingerprint density at radius 1 is 1.56 bits per heavy atom. The maximum atomic E-state index is 11.5. The molecule has 0 aliphatic carbocycles. The van der Waals surface area contributed by atoms with Crippen molar-refractivity contribution in [1.29, 1.82) is 0 Å². The smallest absolute Gasteiger partial charge is 0.348 e. The average molecular weight is 260 g/mol. The molecule has 0 amide bonds. The van der Waals surface area contributed by atoms with Crippen LogP contribution in [0.3, 0.4) is 0 Å². The van der Waals surface area contributed by atoms with Gasteiger partial charge in [0.15, 0.2) is 0 Å². The zero-order valence-electron chi connectivity index (χ0n) is 9.65. The van der Waals surface area contributed by atoms with Crippen molar-refractivity contribution >= 4 is 29.9 Å². The van der Waals surface area contributed by atoms with Crippen molar-refractivity contribution in [2.45, 2.75) is 30.8 Å². The van der Waals surface area contributed by atoms with Crippen LogP contribution in [0.5, 0.6) is 0 Å². The molecule has 1 aromatic heterocycles. The summed E-state index contributed by atoms with van der Waals surface area (Å²) in [6, 6.07) is 1.71. The first-order chi connectivity index (χ1) is 7.44. The molecule has 0 aromatic carbocycles. The first-order valence-corrected chi connectivity index (χ1v) is 6.27. The number of methoxy groups -OCH3 is 1. The van der Waals surface area contributed by atoms with Gasteiger partial charge >= 0.3 is 5.97 Å². The van der Waals surface area contributed by atoms with Crippen molar-refractivity contribution in [2.75, 3.05) is 13.7 Å². The van der Waals surface area contributed by atoms with Crippen molar-refractivity contribution in [1.82, 2.24) is 0 Å². The van der Waals surface area contributed by atoms with Crippen molar-refractivity contribution in [3.63, 3.8) is 0 Å². The number of esters is 1. The van der Waals surface area contributed by atoms with Crippen molar-refractivity contribution in [3.05, 3.63) is 16.3 Å². The fourth-order valence-corrected chi connectivity index (χ4v) is 2.04. The third kappa shape index (κ3) is 4.15. The molecule has 0 saturated carbocycles. The standard InChI is InChI=1S/C11H16O3S2/c1-11(2,13-3)4-5-14-10(12)9-6-8(15)7-16-9/h6-7,15H,4-5H2,1-3H3. The quantitative estimate of drug-likeness (QED) is 0.653. The SMILES string of the molecule is COC(C)(C)CCOC(=O)c1cc(S)cs1. The Balaban J connectivity index is 2.37. The zero-order chi connectivity index (χ0) is 12.2. The molecule has 0 fully saturated rings. The van der Waals surface area contributed by atoms with Gasteiger partial charge in [-0.3, -0.25) is 0 Å². The molecule has 0 bridgehead atoms. The summed E-state index contributed by atoms with van der Waals surface area (Å²) in [6.07, 6.45) is 0.675. The van der Waals surface area contributed by atoms with Gasteiger partial charge in [-0.15, -0.1) is 24.0 Å². The van der Waals surface area contributed by atoms with E-state index >= 15 is 0 Å². The molecule has 0 N–H and O–H groups in total. The molecule has 0 aliphatic rings. The lowest BCUT2D eigenvalue weighted by molar-refractivity contribution is -0.00548. The van der Waals surface area contributed by atoms with Crippen LogP contribution in [0.15, 0.2) is 16.3 Å². The summed E-state index contributed by atoms with van der Waals surface area (Å²) >= 11 is 5.47. The molecule has 0 spiro atoms. The summed E-state index contributed by atoms with van der Waals surface area (Å²) in [4.78, 5) is 12.9. The van der Waals surface area contributed by atoms with Crippen LogP contribution < -0.4 is 0 Å². The summed E-state index contributed by atoms with van der Waals surface area (Å²) in [6.45, 7) is 4.27. The first kappa shape index (κ1) is 13.5. The van der Waals surface area contributed by atoms with Crippen LogP contribution >= 0.6 is 24.0 Å². The van der Waals surface area contributed by atoms with Crippen LogP contribution in [0.4, 0.5) is 0 Å². The molecule has 16 heavy (non-hydrogen) atoms. The number of carbonyl (C=O) groups excluding carboxylic acids is 1. The number of hydrogen-bond acceptors (Lipinski definition) is 5. The van der Waals surface area contributed by atoms with Gasteiger partial charge in [-0.1, -0.05) is 0 Å². The van der Waals surface area contributed by atoms with Crippen molar-refractivity contribution < 1.29 is 14.3 Å². The number of hydrogen-bond donors (Lipinski definition) is 1. The molecule has 0 radical (unpaired) electrons. The summed E-state index contributed by atoms with van der Waals surface area (Å²) in [7, 11) is 1.65. The maximum absolute atomic E-state index is 11.5. The molecule has 0 atom stereocenters.